The van der Waals surface area contributed by atoms with Gasteiger partial charge in [-0.1, -0.05) is 377 Å². The third-order valence-corrected chi connectivity index (χ3v) is 21.3. The Kier molecular flexibility index (Phi) is 86.2. The number of phosphoric ester groups is 2. The molecule has 5 atom stereocenters. The van der Waals surface area contributed by atoms with Crippen molar-refractivity contribution in [3.05, 3.63) is 170 Å². The summed E-state index contributed by atoms with van der Waals surface area (Å²) in [7, 11) is -9.82. The molecule has 0 bridgehead atoms. The van der Waals surface area contributed by atoms with Crippen LogP contribution in [-0.4, -0.2) is 95.9 Å². The van der Waals surface area contributed by atoms with Crippen LogP contribution in [0.25, 0.3) is 0 Å². The Balaban J connectivity index is 4.63. The number of hydrogen-bond donors (Lipinski definition) is 4. The summed E-state index contributed by atoms with van der Waals surface area (Å²) < 4.78 is 61.5. The average molecular weight is 1680 g/mol. The summed E-state index contributed by atoms with van der Waals surface area (Å²) in [5.41, 5.74) is 0. The molecule has 0 aliphatic carbocycles. The highest BCUT2D eigenvalue weighted by molar-refractivity contribution is 7.47. The standard InChI is InChI=1S/C99H168O16P2/c1-4-7-10-13-16-19-22-25-28-31-34-37-40-43-44-45-46-47-48-51-53-55-58-61-64-67-70-73-76-79-82-85-97(102)109-88-94(100)89-111-116(105,106)112-90-95(101)91-113-117(107,108)114-93-96(115-99(104)87-84-81-78-75-72-69-66-63-60-57-54-50-42-39-36-33-30-27-24-21-18-15-12-9-6-3)92-110-98(103)86-83-80-77-74-71-68-65-62-59-56-52-49-41-38-35-32-29-26-23-20-17-14-11-8-5-2/h7-8,10-11,16-21,25-30,34-39,43-44,49-50,52,54,94-96,100-101H,4-6,9,12-15,22-24,31-33,40-42,45-48,51,53,55-93H2,1-3H3,(H,105,106)(H,107,108)/b10-7-,11-8-,19-16-,20-17-,21-18-,28-25-,29-26-,30-27-,37-34-,38-35-,39-36-,44-43-,52-49-,54-50-. The van der Waals surface area contributed by atoms with Crippen molar-refractivity contribution in [2.24, 2.45) is 0 Å². The van der Waals surface area contributed by atoms with Crippen LogP contribution < -0.4 is 0 Å². The predicted octanol–water partition coefficient (Wildman–Crippen LogP) is 28.7. The van der Waals surface area contributed by atoms with Crippen LogP contribution in [0.3, 0.4) is 0 Å². The van der Waals surface area contributed by atoms with E-state index >= 15 is 0 Å². The van der Waals surface area contributed by atoms with Crippen LogP contribution in [0.2, 0.25) is 0 Å². The molecule has 4 N–H and O–H groups in total. The SMILES string of the molecule is CC/C=C\C/C=C\C/C=C\C/C=C\C/C=C\CCCCCCCCCCCCCCCCCC(=O)OCC(O)COP(=O)(O)OCC(O)COP(=O)(O)OCC(COC(=O)CCCCCCCCCCC/C=C\C/C=C\C/C=C\C/C=C\C/C=C\CC)OC(=O)CCCCCCCCCCC/C=C\C/C=C\C/C=C\C/C=C\CCCCC. The van der Waals surface area contributed by atoms with Gasteiger partial charge in [0.25, 0.3) is 0 Å². The molecule has 18 heteroatoms. The second-order valence-corrected chi connectivity index (χ2v) is 33.6. The normalized spacial score (nSPS) is 14.6. The molecule has 0 saturated carbocycles. The molecule has 5 unspecified atom stereocenters. The number of phosphoric acid groups is 2. The maximum absolute atomic E-state index is 13.1. The zero-order valence-electron chi connectivity index (χ0n) is 73.8. The summed E-state index contributed by atoms with van der Waals surface area (Å²) >= 11 is 0. The van der Waals surface area contributed by atoms with Crippen molar-refractivity contribution in [2.75, 3.05) is 39.6 Å². The van der Waals surface area contributed by atoms with E-state index in [2.05, 4.69) is 191 Å². The molecule has 16 nitrogen and oxygen atoms in total. The lowest BCUT2D eigenvalue weighted by Crippen LogP contribution is -2.30. The molecule has 117 heavy (non-hydrogen) atoms. The first kappa shape index (κ1) is 112. The van der Waals surface area contributed by atoms with Crippen molar-refractivity contribution in [1.29, 1.82) is 0 Å². The van der Waals surface area contributed by atoms with Gasteiger partial charge in [-0.15, -0.1) is 0 Å². The first-order chi connectivity index (χ1) is 57.2. The van der Waals surface area contributed by atoms with Crippen LogP contribution in [0.1, 0.15) is 380 Å². The summed E-state index contributed by atoms with van der Waals surface area (Å²) in [4.78, 5) is 59.0. The van der Waals surface area contributed by atoms with E-state index in [1.165, 1.54) is 154 Å². The fourth-order valence-corrected chi connectivity index (χ4v) is 14.0. The van der Waals surface area contributed by atoms with Crippen molar-refractivity contribution in [3.8, 4) is 0 Å². The third kappa shape index (κ3) is 91.5. The minimum Gasteiger partial charge on any atom is -0.463 e. The lowest BCUT2D eigenvalue weighted by molar-refractivity contribution is -0.161. The molecule has 0 heterocycles. The number of hydrogen-bond acceptors (Lipinski definition) is 14. The predicted molar refractivity (Wildman–Crippen MR) is 491 cm³/mol. The van der Waals surface area contributed by atoms with Gasteiger partial charge in [0.2, 0.25) is 0 Å². The second-order valence-electron chi connectivity index (χ2n) is 30.7. The molecular weight excluding hydrogens is 1510 g/mol. The summed E-state index contributed by atoms with van der Waals surface area (Å²) in [5.74, 6) is -1.58. The highest BCUT2D eigenvalue weighted by Gasteiger charge is 2.29. The van der Waals surface area contributed by atoms with Gasteiger partial charge < -0.3 is 34.2 Å². The van der Waals surface area contributed by atoms with Gasteiger partial charge in [0, 0.05) is 19.3 Å². The van der Waals surface area contributed by atoms with E-state index in [-0.39, 0.29) is 19.3 Å². The number of aliphatic hydroxyl groups excluding tert-OH is 2. The number of carbonyl (C=O) groups excluding carboxylic acids is 3. The molecule has 0 rings (SSSR count). The quantitative estimate of drug-likeness (QED) is 0.0146. The summed E-state index contributed by atoms with van der Waals surface area (Å²) in [6, 6.07) is 0. The van der Waals surface area contributed by atoms with Crippen molar-refractivity contribution < 1.29 is 75.8 Å². The van der Waals surface area contributed by atoms with E-state index in [1.807, 2.05) is 0 Å². The van der Waals surface area contributed by atoms with Crippen LogP contribution in [0.15, 0.2) is 170 Å². The third-order valence-electron chi connectivity index (χ3n) is 19.4. The van der Waals surface area contributed by atoms with Crippen LogP contribution in [0.5, 0.6) is 0 Å². The van der Waals surface area contributed by atoms with Crippen LogP contribution >= 0.6 is 15.6 Å². The topological polar surface area (TPSA) is 231 Å². The van der Waals surface area contributed by atoms with Gasteiger partial charge in [0.05, 0.1) is 26.4 Å². The minimum atomic E-state index is -4.95. The zero-order chi connectivity index (χ0) is 85.1. The van der Waals surface area contributed by atoms with Gasteiger partial charge in [0.15, 0.2) is 6.10 Å². The van der Waals surface area contributed by atoms with Gasteiger partial charge in [0.1, 0.15) is 25.4 Å². The number of ether oxygens (including phenoxy) is 3. The Morgan fingerprint density at radius 1 is 0.248 bits per heavy atom. The first-order valence-electron chi connectivity index (χ1n) is 46.4. The molecule has 0 spiro atoms. The molecule has 0 radical (unpaired) electrons. The Morgan fingerprint density at radius 3 is 0.718 bits per heavy atom. The van der Waals surface area contributed by atoms with E-state index in [1.54, 1.807) is 0 Å². The van der Waals surface area contributed by atoms with E-state index in [4.69, 9.17) is 32.3 Å². The molecule has 0 saturated heterocycles. The minimum absolute atomic E-state index is 0.0917. The maximum Gasteiger partial charge on any atom is 0.472 e. The molecule has 0 aromatic carbocycles. The molecule has 0 aliphatic rings. The van der Waals surface area contributed by atoms with Gasteiger partial charge >= 0.3 is 33.6 Å². The smallest absolute Gasteiger partial charge is 0.463 e. The number of allylic oxidation sites excluding steroid dienone is 28. The molecule has 0 aromatic heterocycles. The number of aliphatic hydroxyl groups is 2. The van der Waals surface area contributed by atoms with Crippen LogP contribution in [0, 0.1) is 0 Å². The Bertz CT molecular complexity index is 2810. The van der Waals surface area contributed by atoms with Gasteiger partial charge in [-0.3, -0.25) is 32.5 Å². The number of esters is 3. The van der Waals surface area contributed by atoms with Gasteiger partial charge in [-0.2, -0.15) is 0 Å². The highest BCUT2D eigenvalue weighted by atomic mass is 31.2. The van der Waals surface area contributed by atoms with Crippen LogP contribution in [-0.2, 0) is 55.8 Å². The number of unbranched alkanes of at least 4 members (excludes halogenated alkanes) is 36. The fourth-order valence-electron chi connectivity index (χ4n) is 12.4. The summed E-state index contributed by atoms with van der Waals surface area (Å²) in [6.07, 6.45) is 117. The molecule has 0 fully saturated rings. The molecular formula is C99H168O16P2. The van der Waals surface area contributed by atoms with E-state index < -0.39 is 91.5 Å². The Hall–Kier alpha value is -5.09. The maximum atomic E-state index is 13.1. The fraction of sp³-hybridized carbons (Fsp3) is 0.687. The van der Waals surface area contributed by atoms with Crippen LogP contribution in [0.4, 0.5) is 0 Å². The van der Waals surface area contributed by atoms with E-state index in [9.17, 15) is 43.5 Å². The van der Waals surface area contributed by atoms with Crippen molar-refractivity contribution >= 4 is 33.6 Å². The average Bonchev–Trinajstić information content (AvgIpc) is 0.784. The highest BCUT2D eigenvalue weighted by Crippen LogP contribution is 2.45. The van der Waals surface area contributed by atoms with Crippen molar-refractivity contribution in [1.82, 2.24) is 0 Å². The number of rotatable bonds is 87. The Labute approximate surface area is 713 Å². The van der Waals surface area contributed by atoms with E-state index in [0.29, 0.717) is 19.3 Å². The zero-order valence-corrected chi connectivity index (χ0v) is 75.6. The molecule has 0 aromatic rings. The van der Waals surface area contributed by atoms with E-state index in [0.717, 1.165) is 167 Å². The molecule has 670 valence electrons. The number of carbonyl (C=O) groups is 3. The Morgan fingerprint density at radius 2 is 0.453 bits per heavy atom. The summed E-state index contributed by atoms with van der Waals surface area (Å²) in [5, 5.41) is 20.7. The van der Waals surface area contributed by atoms with Gasteiger partial charge in [-0.25, -0.2) is 9.13 Å². The largest absolute Gasteiger partial charge is 0.472 e. The second kappa shape index (κ2) is 90.2. The lowest BCUT2D eigenvalue weighted by Gasteiger charge is -2.21. The lowest BCUT2D eigenvalue weighted by atomic mass is 10.0. The molecule has 0 aliphatic heterocycles. The summed E-state index contributed by atoms with van der Waals surface area (Å²) in [6.45, 7) is 2.46. The van der Waals surface area contributed by atoms with Gasteiger partial charge in [-0.05, 0) is 154 Å². The first-order valence-corrected chi connectivity index (χ1v) is 49.4. The molecule has 0 amide bonds. The van der Waals surface area contributed by atoms with Crippen molar-refractivity contribution in [2.45, 2.75) is 399 Å². The monoisotopic (exact) mass is 1680 g/mol. The van der Waals surface area contributed by atoms with Crippen molar-refractivity contribution in [3.63, 3.8) is 0 Å².